The lowest BCUT2D eigenvalue weighted by Gasteiger charge is -2.02. The van der Waals surface area contributed by atoms with Gasteiger partial charge >= 0.3 is 6.18 Å². The molecule has 0 aliphatic heterocycles. The predicted molar refractivity (Wildman–Crippen MR) is 66.9 cm³/mol. The maximum atomic E-state index is 12.6. The fourth-order valence-electron chi connectivity index (χ4n) is 1.93. The molecule has 3 aromatic heterocycles. The molecule has 0 aromatic carbocycles. The summed E-state index contributed by atoms with van der Waals surface area (Å²) in [6.45, 7) is 0. The molecule has 3 heterocycles. The molecule has 0 N–H and O–H groups in total. The van der Waals surface area contributed by atoms with Crippen LogP contribution in [0.2, 0.25) is 0 Å². The molecule has 3 aromatic rings. The van der Waals surface area contributed by atoms with Crippen molar-refractivity contribution >= 4 is 17.2 Å². The Morgan fingerprint density at radius 2 is 2.05 bits per heavy atom. The third kappa shape index (κ3) is 2.03. The molecule has 0 saturated heterocycles. The number of pyridine rings is 1. The second-order valence-corrected chi connectivity index (χ2v) is 4.38. The van der Waals surface area contributed by atoms with Gasteiger partial charge in [-0.25, -0.2) is 9.67 Å². The molecule has 0 atom stereocenters. The summed E-state index contributed by atoms with van der Waals surface area (Å²) in [6, 6.07) is 5.32. The van der Waals surface area contributed by atoms with Crippen molar-refractivity contribution in [2.45, 2.75) is 12.1 Å². The first kappa shape index (κ1) is 13.0. The minimum atomic E-state index is -4.43. The second-order valence-electron chi connectivity index (χ2n) is 4.12. The van der Waals surface area contributed by atoms with Gasteiger partial charge in [-0.1, -0.05) is 6.07 Å². The standard InChI is InChI=1S/C12H8ClF3N4/c13-5-9-11(18-10-3-1-2-4-19(9)10)20-7-8(6-17-20)12(14,15)16/h1-4,6-7H,5H2. The van der Waals surface area contributed by atoms with E-state index in [9.17, 15) is 13.2 Å². The predicted octanol–water partition coefficient (Wildman–Crippen LogP) is 3.28. The quantitative estimate of drug-likeness (QED) is 0.681. The Morgan fingerprint density at radius 1 is 1.25 bits per heavy atom. The first-order valence-corrected chi connectivity index (χ1v) is 6.18. The van der Waals surface area contributed by atoms with Gasteiger partial charge in [0.05, 0.1) is 23.3 Å². The van der Waals surface area contributed by atoms with E-state index < -0.39 is 11.7 Å². The number of imidazole rings is 1. The van der Waals surface area contributed by atoms with Gasteiger partial charge in [0.1, 0.15) is 5.65 Å². The van der Waals surface area contributed by atoms with Gasteiger partial charge in [-0.15, -0.1) is 11.6 Å². The van der Waals surface area contributed by atoms with Crippen molar-refractivity contribution in [2.24, 2.45) is 0 Å². The molecule has 3 rings (SSSR count). The lowest BCUT2D eigenvalue weighted by molar-refractivity contribution is -0.137. The van der Waals surface area contributed by atoms with Crippen molar-refractivity contribution in [1.29, 1.82) is 0 Å². The summed E-state index contributed by atoms with van der Waals surface area (Å²) >= 11 is 5.87. The molecule has 0 fully saturated rings. The van der Waals surface area contributed by atoms with E-state index in [1.807, 2.05) is 0 Å². The maximum absolute atomic E-state index is 12.6. The van der Waals surface area contributed by atoms with E-state index in [0.29, 0.717) is 17.2 Å². The third-order valence-electron chi connectivity index (χ3n) is 2.86. The number of nitrogens with zero attached hydrogens (tertiary/aromatic N) is 4. The smallest absolute Gasteiger partial charge is 0.301 e. The van der Waals surface area contributed by atoms with E-state index in [0.717, 1.165) is 17.1 Å². The maximum Gasteiger partial charge on any atom is 0.419 e. The van der Waals surface area contributed by atoms with Crippen molar-refractivity contribution in [1.82, 2.24) is 19.2 Å². The number of hydrogen-bond donors (Lipinski definition) is 0. The van der Waals surface area contributed by atoms with E-state index in [2.05, 4.69) is 10.1 Å². The van der Waals surface area contributed by atoms with Crippen LogP contribution in [0.5, 0.6) is 0 Å². The van der Waals surface area contributed by atoms with E-state index in [-0.39, 0.29) is 5.88 Å². The highest BCUT2D eigenvalue weighted by molar-refractivity contribution is 6.17. The van der Waals surface area contributed by atoms with Gasteiger partial charge in [0.2, 0.25) is 0 Å². The summed E-state index contributed by atoms with van der Waals surface area (Å²) in [5.41, 5.74) is 0.358. The normalized spacial score (nSPS) is 12.2. The molecule has 8 heteroatoms. The van der Waals surface area contributed by atoms with Crippen molar-refractivity contribution < 1.29 is 13.2 Å². The summed E-state index contributed by atoms with van der Waals surface area (Å²) in [4.78, 5) is 4.26. The molecule has 0 aliphatic rings. The summed E-state index contributed by atoms with van der Waals surface area (Å²) in [5.74, 6) is 0.406. The van der Waals surface area contributed by atoms with Gasteiger partial charge in [0.15, 0.2) is 5.82 Å². The molecular formula is C12H8ClF3N4. The minimum Gasteiger partial charge on any atom is -0.301 e. The Kier molecular flexibility index (Phi) is 2.93. The fourth-order valence-corrected chi connectivity index (χ4v) is 2.18. The van der Waals surface area contributed by atoms with Crippen molar-refractivity contribution in [3.63, 3.8) is 0 Å². The molecule has 0 saturated carbocycles. The number of halogens is 4. The molecule has 0 spiro atoms. The minimum absolute atomic E-state index is 0.113. The van der Waals surface area contributed by atoms with Crippen LogP contribution in [0.1, 0.15) is 11.3 Å². The van der Waals surface area contributed by atoms with Gasteiger partial charge in [0, 0.05) is 12.4 Å². The van der Waals surface area contributed by atoms with Crippen LogP contribution in [0.25, 0.3) is 11.5 Å². The van der Waals surface area contributed by atoms with Gasteiger partial charge in [-0.05, 0) is 12.1 Å². The van der Waals surface area contributed by atoms with E-state index >= 15 is 0 Å². The summed E-state index contributed by atoms with van der Waals surface area (Å²) in [7, 11) is 0. The first-order chi connectivity index (χ1) is 9.50. The SMILES string of the molecule is FC(F)(F)c1cnn(-c2nc3ccccn3c2CCl)c1. The highest BCUT2D eigenvalue weighted by atomic mass is 35.5. The van der Waals surface area contributed by atoms with Crippen LogP contribution in [0, 0.1) is 0 Å². The zero-order valence-corrected chi connectivity index (χ0v) is 10.7. The van der Waals surface area contributed by atoms with Crippen LogP contribution in [0.3, 0.4) is 0 Å². The van der Waals surface area contributed by atoms with Crippen LogP contribution < -0.4 is 0 Å². The first-order valence-electron chi connectivity index (χ1n) is 5.65. The van der Waals surface area contributed by atoms with Gasteiger partial charge in [0.25, 0.3) is 0 Å². The van der Waals surface area contributed by atoms with Crippen molar-refractivity contribution in [3.8, 4) is 5.82 Å². The molecule has 4 nitrogen and oxygen atoms in total. The highest BCUT2D eigenvalue weighted by Gasteiger charge is 2.32. The Labute approximate surface area is 116 Å². The van der Waals surface area contributed by atoms with Crippen LogP contribution in [-0.4, -0.2) is 19.2 Å². The Morgan fingerprint density at radius 3 is 2.70 bits per heavy atom. The summed E-state index contributed by atoms with van der Waals surface area (Å²) in [6.07, 6.45) is -1.02. The topological polar surface area (TPSA) is 35.1 Å². The summed E-state index contributed by atoms with van der Waals surface area (Å²) in [5, 5.41) is 3.72. The Bertz CT molecular complexity index is 759. The van der Waals surface area contributed by atoms with E-state index in [4.69, 9.17) is 11.6 Å². The molecular weight excluding hydrogens is 293 g/mol. The van der Waals surface area contributed by atoms with Gasteiger partial charge in [-0.3, -0.25) is 0 Å². The second kappa shape index (κ2) is 4.52. The van der Waals surface area contributed by atoms with Crippen LogP contribution in [-0.2, 0) is 12.1 Å². The molecule has 0 aliphatic carbocycles. The van der Waals surface area contributed by atoms with Crippen molar-refractivity contribution in [3.05, 3.63) is 48.0 Å². The summed E-state index contributed by atoms with van der Waals surface area (Å²) < 4.78 is 40.6. The molecule has 0 amide bonds. The van der Waals surface area contributed by atoms with E-state index in [1.54, 1.807) is 28.8 Å². The highest BCUT2D eigenvalue weighted by Crippen LogP contribution is 2.29. The lowest BCUT2D eigenvalue weighted by atomic mass is 10.3. The monoisotopic (exact) mass is 300 g/mol. The number of rotatable bonds is 2. The number of hydrogen-bond acceptors (Lipinski definition) is 2. The fraction of sp³-hybridized carbons (Fsp3) is 0.167. The van der Waals surface area contributed by atoms with Gasteiger partial charge < -0.3 is 4.40 Å². The van der Waals surface area contributed by atoms with Crippen LogP contribution in [0.4, 0.5) is 13.2 Å². The third-order valence-corrected chi connectivity index (χ3v) is 3.11. The molecule has 20 heavy (non-hydrogen) atoms. The average Bonchev–Trinajstić information content (AvgIpc) is 3.02. The van der Waals surface area contributed by atoms with Crippen LogP contribution >= 0.6 is 11.6 Å². The lowest BCUT2D eigenvalue weighted by Crippen LogP contribution is -2.03. The van der Waals surface area contributed by atoms with Crippen LogP contribution in [0.15, 0.2) is 36.8 Å². The Hall–Kier alpha value is -2.02. The molecule has 0 unspecified atom stereocenters. The van der Waals surface area contributed by atoms with E-state index in [1.165, 1.54) is 0 Å². The largest absolute Gasteiger partial charge is 0.419 e. The van der Waals surface area contributed by atoms with Crippen molar-refractivity contribution in [2.75, 3.05) is 0 Å². The zero-order valence-electron chi connectivity index (χ0n) is 9.97. The Balaban J connectivity index is 2.17. The van der Waals surface area contributed by atoms with Gasteiger partial charge in [-0.2, -0.15) is 18.3 Å². The molecule has 104 valence electrons. The average molecular weight is 301 g/mol. The zero-order chi connectivity index (χ0) is 14.3. The number of fused-ring (bicyclic) bond motifs is 1. The number of alkyl halides is 4. The molecule has 0 bridgehead atoms. The molecule has 0 radical (unpaired) electrons. The number of aromatic nitrogens is 4.